The topological polar surface area (TPSA) is 93.4 Å². The quantitative estimate of drug-likeness (QED) is 0.574. The molecule has 0 aromatic carbocycles. The van der Waals surface area contributed by atoms with Gasteiger partial charge in [0, 0.05) is 18.7 Å². The van der Waals surface area contributed by atoms with Crippen molar-refractivity contribution in [1.82, 2.24) is 9.44 Å². The van der Waals surface area contributed by atoms with Crippen LogP contribution in [-0.4, -0.2) is 40.3 Å². The van der Waals surface area contributed by atoms with Crippen LogP contribution in [0.2, 0.25) is 0 Å². The van der Waals surface area contributed by atoms with Crippen molar-refractivity contribution in [3.8, 4) is 0 Å². The lowest BCUT2D eigenvalue weighted by atomic mass is 10.1. The number of nitrogens with one attached hydrogen (secondary N) is 2. The lowest BCUT2D eigenvalue weighted by Crippen LogP contribution is -2.51. The largest absolute Gasteiger partial charge is 0.383 e. The summed E-state index contributed by atoms with van der Waals surface area (Å²) in [5.41, 5.74) is 4.89. The highest BCUT2D eigenvalue weighted by Crippen LogP contribution is 2.02. The van der Waals surface area contributed by atoms with Crippen LogP contribution in [0, 0.1) is 0 Å². The van der Waals surface area contributed by atoms with Crippen LogP contribution < -0.4 is 15.2 Å². The van der Waals surface area contributed by atoms with Gasteiger partial charge in [-0.15, -0.1) is 0 Å². The van der Waals surface area contributed by atoms with Gasteiger partial charge < -0.3 is 10.5 Å². The molecule has 98 valence electrons. The summed E-state index contributed by atoms with van der Waals surface area (Å²) in [4.78, 5) is 0. The SMILES string of the molecule is COCC(CCN)NS(=O)(=O)NC(C)(C)C. The van der Waals surface area contributed by atoms with Gasteiger partial charge in [0.25, 0.3) is 10.2 Å². The van der Waals surface area contributed by atoms with Crippen LogP contribution >= 0.6 is 0 Å². The highest BCUT2D eigenvalue weighted by atomic mass is 32.2. The number of hydrogen-bond acceptors (Lipinski definition) is 4. The molecular weight excluding hydrogens is 230 g/mol. The van der Waals surface area contributed by atoms with Gasteiger partial charge in [-0.05, 0) is 33.7 Å². The highest BCUT2D eigenvalue weighted by Gasteiger charge is 2.22. The van der Waals surface area contributed by atoms with Crippen LogP contribution in [-0.2, 0) is 14.9 Å². The number of nitrogens with two attached hydrogens (primary N) is 1. The van der Waals surface area contributed by atoms with Gasteiger partial charge >= 0.3 is 0 Å². The Balaban J connectivity index is 4.41. The Morgan fingerprint density at radius 3 is 2.31 bits per heavy atom. The predicted molar refractivity (Wildman–Crippen MR) is 64.3 cm³/mol. The lowest BCUT2D eigenvalue weighted by molar-refractivity contribution is 0.172. The summed E-state index contributed by atoms with van der Waals surface area (Å²) in [5, 5.41) is 0. The fourth-order valence-electron chi connectivity index (χ4n) is 1.23. The number of ether oxygens (including phenoxy) is 1. The van der Waals surface area contributed by atoms with Crippen molar-refractivity contribution in [1.29, 1.82) is 0 Å². The first-order valence-electron chi connectivity index (χ1n) is 5.20. The molecule has 0 rings (SSSR count). The third kappa shape index (κ3) is 8.00. The Hall–Kier alpha value is -0.210. The fraction of sp³-hybridized carbons (Fsp3) is 1.00. The van der Waals surface area contributed by atoms with Crippen molar-refractivity contribution in [2.24, 2.45) is 5.73 Å². The van der Waals surface area contributed by atoms with Crippen molar-refractivity contribution < 1.29 is 13.2 Å². The summed E-state index contributed by atoms with van der Waals surface area (Å²) >= 11 is 0. The van der Waals surface area contributed by atoms with Crippen LogP contribution in [0.25, 0.3) is 0 Å². The van der Waals surface area contributed by atoms with E-state index < -0.39 is 15.7 Å². The molecule has 0 aliphatic heterocycles. The maximum absolute atomic E-state index is 11.7. The summed E-state index contributed by atoms with van der Waals surface area (Å²) in [6.07, 6.45) is 0.541. The smallest absolute Gasteiger partial charge is 0.277 e. The number of rotatable bonds is 7. The van der Waals surface area contributed by atoms with E-state index in [1.54, 1.807) is 20.8 Å². The molecule has 0 saturated heterocycles. The maximum atomic E-state index is 11.7. The Bertz CT molecular complexity index is 279. The molecule has 0 saturated carbocycles. The highest BCUT2D eigenvalue weighted by molar-refractivity contribution is 7.87. The second-order valence-corrected chi connectivity index (χ2v) is 6.15. The van der Waals surface area contributed by atoms with Crippen molar-refractivity contribution >= 4 is 10.2 Å². The summed E-state index contributed by atoms with van der Waals surface area (Å²) in [7, 11) is -2.00. The van der Waals surface area contributed by atoms with Crippen molar-refractivity contribution in [2.45, 2.75) is 38.8 Å². The number of methoxy groups -OCH3 is 1. The van der Waals surface area contributed by atoms with E-state index in [9.17, 15) is 8.42 Å². The molecule has 0 radical (unpaired) electrons. The third-order valence-electron chi connectivity index (χ3n) is 1.65. The minimum atomic E-state index is -3.52. The normalized spacial score (nSPS) is 15.1. The molecule has 0 amide bonds. The average Bonchev–Trinajstić information content (AvgIpc) is 1.98. The zero-order valence-electron chi connectivity index (χ0n) is 10.4. The monoisotopic (exact) mass is 253 g/mol. The van der Waals surface area contributed by atoms with Gasteiger partial charge in [-0.25, -0.2) is 0 Å². The van der Waals surface area contributed by atoms with E-state index in [2.05, 4.69) is 9.44 Å². The Morgan fingerprint density at radius 2 is 1.94 bits per heavy atom. The van der Waals surface area contributed by atoms with E-state index >= 15 is 0 Å². The molecule has 0 bridgehead atoms. The molecule has 0 fully saturated rings. The Morgan fingerprint density at radius 1 is 1.38 bits per heavy atom. The van der Waals surface area contributed by atoms with Gasteiger partial charge in [0.2, 0.25) is 0 Å². The Kier molecular flexibility index (Phi) is 6.42. The molecule has 0 aliphatic carbocycles. The number of hydrogen-bond donors (Lipinski definition) is 3. The zero-order valence-corrected chi connectivity index (χ0v) is 11.2. The van der Waals surface area contributed by atoms with E-state index in [0.29, 0.717) is 19.6 Å². The molecule has 6 nitrogen and oxygen atoms in total. The molecule has 16 heavy (non-hydrogen) atoms. The molecule has 1 unspecified atom stereocenters. The fourth-order valence-corrected chi connectivity index (χ4v) is 2.72. The minimum Gasteiger partial charge on any atom is -0.383 e. The van der Waals surface area contributed by atoms with Crippen LogP contribution in [0.4, 0.5) is 0 Å². The van der Waals surface area contributed by atoms with Gasteiger partial charge in [0.05, 0.1) is 6.61 Å². The summed E-state index contributed by atoms with van der Waals surface area (Å²) in [6, 6.07) is -0.296. The maximum Gasteiger partial charge on any atom is 0.277 e. The lowest BCUT2D eigenvalue weighted by Gasteiger charge is -2.23. The molecule has 1 atom stereocenters. The standard InChI is InChI=1S/C9H23N3O3S/c1-9(2,3)12-16(13,14)11-8(5-6-10)7-15-4/h8,11-12H,5-7,10H2,1-4H3. The molecule has 0 heterocycles. The van der Waals surface area contributed by atoms with E-state index in [1.165, 1.54) is 7.11 Å². The van der Waals surface area contributed by atoms with Crippen LogP contribution in [0.3, 0.4) is 0 Å². The van der Waals surface area contributed by atoms with Crippen LogP contribution in [0.5, 0.6) is 0 Å². The molecule has 7 heteroatoms. The zero-order chi connectivity index (χ0) is 12.8. The van der Waals surface area contributed by atoms with Crippen molar-refractivity contribution in [3.05, 3.63) is 0 Å². The van der Waals surface area contributed by atoms with Gasteiger partial charge in [-0.3, -0.25) is 0 Å². The van der Waals surface area contributed by atoms with Crippen LogP contribution in [0.15, 0.2) is 0 Å². The molecule has 0 spiro atoms. The average molecular weight is 253 g/mol. The van der Waals surface area contributed by atoms with Gasteiger partial charge in [-0.1, -0.05) is 0 Å². The first-order valence-corrected chi connectivity index (χ1v) is 6.69. The Labute approximate surface area is 98.1 Å². The van der Waals surface area contributed by atoms with Gasteiger partial charge in [0.15, 0.2) is 0 Å². The molecule has 0 aliphatic rings. The minimum absolute atomic E-state index is 0.296. The predicted octanol–water partition coefficient (Wildman–Crippen LogP) is -0.427. The third-order valence-corrected chi connectivity index (χ3v) is 3.17. The first kappa shape index (κ1) is 15.8. The molecule has 4 N–H and O–H groups in total. The van der Waals surface area contributed by atoms with E-state index in [0.717, 1.165) is 0 Å². The van der Waals surface area contributed by atoms with Gasteiger partial charge in [0.1, 0.15) is 0 Å². The molecule has 0 aromatic rings. The van der Waals surface area contributed by atoms with Crippen molar-refractivity contribution in [2.75, 3.05) is 20.3 Å². The summed E-state index contributed by atoms with van der Waals surface area (Å²) in [5.74, 6) is 0. The van der Waals surface area contributed by atoms with E-state index in [1.807, 2.05) is 0 Å². The molecular formula is C9H23N3O3S. The second kappa shape index (κ2) is 6.51. The van der Waals surface area contributed by atoms with Crippen LogP contribution in [0.1, 0.15) is 27.2 Å². The van der Waals surface area contributed by atoms with E-state index in [4.69, 9.17) is 10.5 Å². The van der Waals surface area contributed by atoms with Crippen molar-refractivity contribution in [3.63, 3.8) is 0 Å². The first-order chi connectivity index (χ1) is 7.20. The molecule has 0 aromatic heterocycles. The van der Waals surface area contributed by atoms with E-state index in [-0.39, 0.29) is 6.04 Å². The summed E-state index contributed by atoms with van der Waals surface area (Å²) < 4.78 is 33.3. The second-order valence-electron chi connectivity index (χ2n) is 4.70. The summed E-state index contributed by atoms with van der Waals surface area (Å²) in [6.45, 7) is 6.05. The van der Waals surface area contributed by atoms with Gasteiger partial charge in [-0.2, -0.15) is 17.9 Å².